The van der Waals surface area contributed by atoms with E-state index >= 15 is 0 Å². The molecule has 3 nitrogen and oxygen atoms in total. The maximum absolute atomic E-state index is 11.9. The second-order valence-corrected chi connectivity index (χ2v) is 5.47. The fraction of sp³-hybridized carbons (Fsp3) is 0.150. The summed E-state index contributed by atoms with van der Waals surface area (Å²) in [5.41, 5.74) is 3.29. The molecule has 0 atom stereocenters. The largest absolute Gasteiger partial charge is 0.395 e. The van der Waals surface area contributed by atoms with Crippen LogP contribution in [0.25, 0.3) is 0 Å². The van der Waals surface area contributed by atoms with Gasteiger partial charge in [-0.1, -0.05) is 66.7 Å². The molecule has 1 heterocycles. The zero-order valence-corrected chi connectivity index (χ0v) is 12.8. The third kappa shape index (κ3) is 3.41. The molecule has 0 bridgehead atoms. The second-order valence-electron chi connectivity index (χ2n) is 5.47. The predicted molar refractivity (Wildman–Crippen MR) is 91.6 cm³/mol. The van der Waals surface area contributed by atoms with Gasteiger partial charge in [-0.15, -0.1) is 0 Å². The Morgan fingerprint density at radius 2 is 1.35 bits per heavy atom. The minimum absolute atomic E-state index is 0.0509. The highest BCUT2D eigenvalue weighted by Gasteiger charge is 2.17. The molecular formula is C20H19NO2. The Bertz CT molecular complexity index is 770. The highest BCUT2D eigenvalue weighted by molar-refractivity contribution is 5.41. The molecule has 0 aliphatic heterocycles. The number of aromatic nitrogens is 1. The average Bonchev–Trinajstić information content (AvgIpc) is 2.60. The molecule has 0 unspecified atom stereocenters. The van der Waals surface area contributed by atoms with E-state index in [0.717, 1.165) is 5.56 Å². The van der Waals surface area contributed by atoms with Crippen LogP contribution in [0.3, 0.4) is 0 Å². The minimum atomic E-state index is -0.0947. The smallest absolute Gasteiger partial charge is 0.250 e. The van der Waals surface area contributed by atoms with E-state index in [1.807, 2.05) is 48.7 Å². The van der Waals surface area contributed by atoms with Gasteiger partial charge in [0, 0.05) is 24.7 Å². The molecule has 0 amide bonds. The molecule has 0 aliphatic carbocycles. The average molecular weight is 305 g/mol. The Balaban J connectivity index is 2.13. The molecule has 3 aromatic rings. The lowest BCUT2D eigenvalue weighted by Crippen LogP contribution is -2.21. The number of rotatable bonds is 5. The van der Waals surface area contributed by atoms with Crippen molar-refractivity contribution in [3.05, 3.63) is 106 Å². The summed E-state index contributed by atoms with van der Waals surface area (Å²) < 4.78 is 1.56. The Hall–Kier alpha value is -2.65. The third-order valence-electron chi connectivity index (χ3n) is 3.95. The summed E-state index contributed by atoms with van der Waals surface area (Å²) in [6.45, 7) is 0.258. The molecule has 0 aliphatic rings. The number of nitrogens with zero attached hydrogens (tertiary/aromatic N) is 1. The van der Waals surface area contributed by atoms with Gasteiger partial charge in [0.15, 0.2) is 0 Å². The first-order chi connectivity index (χ1) is 11.3. The van der Waals surface area contributed by atoms with Crippen molar-refractivity contribution in [1.29, 1.82) is 0 Å². The fourth-order valence-electron chi connectivity index (χ4n) is 2.87. The number of aliphatic hydroxyl groups excluding tert-OH is 1. The van der Waals surface area contributed by atoms with Crippen LogP contribution < -0.4 is 5.56 Å². The van der Waals surface area contributed by atoms with Crippen LogP contribution in [0.1, 0.15) is 22.6 Å². The van der Waals surface area contributed by atoms with Gasteiger partial charge in [0.1, 0.15) is 0 Å². The molecule has 0 saturated carbocycles. The van der Waals surface area contributed by atoms with Gasteiger partial charge in [0.25, 0.3) is 5.56 Å². The first kappa shape index (κ1) is 15.3. The van der Waals surface area contributed by atoms with E-state index in [1.165, 1.54) is 11.1 Å². The standard InChI is InChI=1S/C20H19NO2/c22-14-13-21-15-18(11-12-19(21)23)20(16-7-3-1-4-8-16)17-9-5-2-6-10-17/h1-12,15,20,22H,13-14H2. The van der Waals surface area contributed by atoms with Gasteiger partial charge in [-0.05, 0) is 16.7 Å². The Morgan fingerprint density at radius 3 is 1.87 bits per heavy atom. The molecule has 2 aromatic carbocycles. The summed E-state index contributed by atoms with van der Waals surface area (Å²) in [7, 11) is 0. The highest BCUT2D eigenvalue weighted by Crippen LogP contribution is 2.31. The summed E-state index contributed by atoms with van der Waals surface area (Å²) in [4.78, 5) is 11.9. The van der Waals surface area contributed by atoms with E-state index < -0.39 is 0 Å². The monoisotopic (exact) mass is 305 g/mol. The van der Waals surface area contributed by atoms with E-state index in [9.17, 15) is 4.79 Å². The van der Waals surface area contributed by atoms with Gasteiger partial charge in [-0.25, -0.2) is 0 Å². The van der Waals surface area contributed by atoms with Crippen LogP contribution in [0, 0.1) is 0 Å². The van der Waals surface area contributed by atoms with E-state index in [4.69, 9.17) is 5.11 Å². The van der Waals surface area contributed by atoms with Gasteiger partial charge >= 0.3 is 0 Å². The van der Waals surface area contributed by atoms with Crippen LogP contribution in [0.5, 0.6) is 0 Å². The van der Waals surface area contributed by atoms with E-state index in [0.29, 0.717) is 6.54 Å². The Kier molecular flexibility index (Phi) is 4.69. The zero-order chi connectivity index (χ0) is 16.1. The topological polar surface area (TPSA) is 42.2 Å². The van der Waals surface area contributed by atoms with Crippen LogP contribution in [0.2, 0.25) is 0 Å². The van der Waals surface area contributed by atoms with E-state index in [-0.39, 0.29) is 18.1 Å². The quantitative estimate of drug-likeness (QED) is 0.787. The van der Waals surface area contributed by atoms with Crippen LogP contribution in [-0.2, 0) is 6.54 Å². The maximum atomic E-state index is 11.9. The van der Waals surface area contributed by atoms with Gasteiger partial charge < -0.3 is 9.67 Å². The molecule has 1 aromatic heterocycles. The van der Waals surface area contributed by atoms with Crippen molar-refractivity contribution in [3.63, 3.8) is 0 Å². The van der Waals surface area contributed by atoms with Crippen LogP contribution in [0.15, 0.2) is 83.8 Å². The molecule has 0 spiro atoms. The summed E-state index contributed by atoms with van der Waals surface area (Å²) >= 11 is 0. The summed E-state index contributed by atoms with van der Waals surface area (Å²) in [5.74, 6) is 0.0583. The third-order valence-corrected chi connectivity index (χ3v) is 3.95. The second kappa shape index (κ2) is 7.07. The zero-order valence-electron chi connectivity index (χ0n) is 12.8. The number of aliphatic hydroxyl groups is 1. The first-order valence-corrected chi connectivity index (χ1v) is 7.71. The highest BCUT2D eigenvalue weighted by atomic mass is 16.3. The lowest BCUT2D eigenvalue weighted by Gasteiger charge is -2.19. The van der Waals surface area contributed by atoms with Crippen molar-refractivity contribution < 1.29 is 5.11 Å². The molecule has 23 heavy (non-hydrogen) atoms. The summed E-state index contributed by atoms with van der Waals surface area (Å²) in [6.07, 6.45) is 1.85. The molecule has 0 saturated heterocycles. The Labute approximate surface area is 135 Å². The van der Waals surface area contributed by atoms with Gasteiger partial charge in [0.05, 0.1) is 6.61 Å². The predicted octanol–water partition coefficient (Wildman–Crippen LogP) is 3.02. The van der Waals surface area contributed by atoms with Crippen LogP contribution in [-0.4, -0.2) is 16.3 Å². The van der Waals surface area contributed by atoms with Crippen molar-refractivity contribution in [2.24, 2.45) is 0 Å². The number of hydrogen-bond donors (Lipinski definition) is 1. The molecular weight excluding hydrogens is 286 g/mol. The van der Waals surface area contributed by atoms with Gasteiger partial charge in [0.2, 0.25) is 0 Å². The summed E-state index contributed by atoms with van der Waals surface area (Å²) in [6, 6.07) is 23.9. The van der Waals surface area contributed by atoms with E-state index in [1.54, 1.807) is 10.6 Å². The van der Waals surface area contributed by atoms with Gasteiger partial charge in [-0.3, -0.25) is 4.79 Å². The van der Waals surface area contributed by atoms with Crippen molar-refractivity contribution in [1.82, 2.24) is 4.57 Å². The number of hydrogen-bond acceptors (Lipinski definition) is 2. The normalized spacial score (nSPS) is 10.9. The SMILES string of the molecule is O=c1ccc(C(c2ccccc2)c2ccccc2)cn1CCO. The van der Waals surface area contributed by atoms with Crippen LogP contribution in [0.4, 0.5) is 0 Å². The van der Waals surface area contributed by atoms with Crippen LogP contribution >= 0.6 is 0 Å². The lowest BCUT2D eigenvalue weighted by atomic mass is 9.86. The van der Waals surface area contributed by atoms with E-state index in [2.05, 4.69) is 24.3 Å². The molecule has 0 radical (unpaired) electrons. The minimum Gasteiger partial charge on any atom is -0.395 e. The van der Waals surface area contributed by atoms with Crippen molar-refractivity contribution >= 4 is 0 Å². The summed E-state index contributed by atoms with van der Waals surface area (Å²) in [5, 5.41) is 9.15. The van der Waals surface area contributed by atoms with Crippen molar-refractivity contribution in [2.75, 3.05) is 6.61 Å². The molecule has 3 rings (SSSR count). The van der Waals surface area contributed by atoms with Crippen molar-refractivity contribution in [3.8, 4) is 0 Å². The fourth-order valence-corrected chi connectivity index (χ4v) is 2.87. The molecule has 0 fully saturated rings. The molecule has 1 N–H and O–H groups in total. The van der Waals surface area contributed by atoms with Crippen molar-refractivity contribution in [2.45, 2.75) is 12.5 Å². The number of pyridine rings is 1. The molecule has 116 valence electrons. The molecule has 3 heteroatoms. The first-order valence-electron chi connectivity index (χ1n) is 7.71. The maximum Gasteiger partial charge on any atom is 0.250 e. The van der Waals surface area contributed by atoms with Gasteiger partial charge in [-0.2, -0.15) is 0 Å². The number of benzene rings is 2. The Morgan fingerprint density at radius 1 is 0.783 bits per heavy atom. The lowest BCUT2D eigenvalue weighted by molar-refractivity contribution is 0.274.